The first-order valence-electron chi connectivity index (χ1n) is 6.99. The highest BCUT2D eigenvalue weighted by Gasteiger charge is 2.24. The Morgan fingerprint density at radius 1 is 0.696 bits per heavy atom. The predicted molar refractivity (Wildman–Crippen MR) is 97.4 cm³/mol. The summed E-state index contributed by atoms with van der Waals surface area (Å²) in [4.78, 5) is 0. The lowest BCUT2D eigenvalue weighted by Gasteiger charge is -2.16. The standard InChI is InChI=1S/C19H12Br2F2/c1-11-7-5-6-10-13(11)15-16(20)18(22)14(19(23)17(15)21)12-8-3-2-4-9-12/h2-10H,1H3. The largest absolute Gasteiger partial charge is 0.205 e. The van der Waals surface area contributed by atoms with Crippen LogP contribution in [0.15, 0.2) is 63.5 Å². The van der Waals surface area contributed by atoms with E-state index in [-0.39, 0.29) is 14.5 Å². The molecule has 0 bridgehead atoms. The van der Waals surface area contributed by atoms with E-state index < -0.39 is 11.6 Å². The minimum absolute atomic E-state index is 0.0401. The SMILES string of the molecule is Cc1ccccc1-c1c(Br)c(F)c(-c2ccccc2)c(F)c1Br. The fourth-order valence-corrected chi connectivity index (χ4v) is 4.07. The van der Waals surface area contributed by atoms with Crippen molar-refractivity contribution in [3.8, 4) is 22.3 Å². The summed E-state index contributed by atoms with van der Waals surface area (Å²) in [5.41, 5.74) is 2.67. The summed E-state index contributed by atoms with van der Waals surface area (Å²) < 4.78 is 30.3. The third-order valence-electron chi connectivity index (χ3n) is 3.74. The van der Waals surface area contributed by atoms with E-state index in [2.05, 4.69) is 31.9 Å². The quantitative estimate of drug-likeness (QED) is 0.374. The average Bonchev–Trinajstić information content (AvgIpc) is 2.56. The van der Waals surface area contributed by atoms with Crippen LogP contribution in [0.5, 0.6) is 0 Å². The zero-order chi connectivity index (χ0) is 16.6. The van der Waals surface area contributed by atoms with Crippen LogP contribution in [-0.2, 0) is 0 Å². The third kappa shape index (κ3) is 2.86. The maximum absolute atomic E-state index is 14.9. The van der Waals surface area contributed by atoms with Crippen molar-refractivity contribution in [2.75, 3.05) is 0 Å². The predicted octanol–water partition coefficient (Wildman–Crippen LogP) is 7.13. The minimum Gasteiger partial charge on any atom is -0.205 e. The topological polar surface area (TPSA) is 0 Å². The number of rotatable bonds is 2. The second-order valence-corrected chi connectivity index (χ2v) is 6.77. The molecule has 4 heteroatoms. The second kappa shape index (κ2) is 6.54. The Kier molecular flexibility index (Phi) is 4.64. The molecule has 0 amide bonds. The van der Waals surface area contributed by atoms with Crippen LogP contribution in [0.4, 0.5) is 8.78 Å². The minimum atomic E-state index is -0.602. The van der Waals surface area contributed by atoms with Crippen LogP contribution in [0.3, 0.4) is 0 Å². The number of aryl methyl sites for hydroxylation is 1. The van der Waals surface area contributed by atoms with E-state index in [1.807, 2.05) is 37.3 Å². The summed E-state index contributed by atoms with van der Waals surface area (Å²) in [5.74, 6) is -1.20. The molecule has 0 aliphatic rings. The van der Waals surface area contributed by atoms with Crippen LogP contribution in [0.1, 0.15) is 5.56 Å². The van der Waals surface area contributed by atoms with E-state index >= 15 is 0 Å². The highest BCUT2D eigenvalue weighted by Crippen LogP contribution is 2.44. The van der Waals surface area contributed by atoms with Gasteiger partial charge in [-0.15, -0.1) is 0 Å². The molecule has 23 heavy (non-hydrogen) atoms. The smallest absolute Gasteiger partial charge is 0.148 e. The first-order valence-corrected chi connectivity index (χ1v) is 8.58. The first kappa shape index (κ1) is 16.3. The Balaban J connectivity index is 2.33. The Morgan fingerprint density at radius 2 is 1.22 bits per heavy atom. The zero-order valence-electron chi connectivity index (χ0n) is 12.2. The van der Waals surface area contributed by atoms with Crippen molar-refractivity contribution >= 4 is 31.9 Å². The second-order valence-electron chi connectivity index (χ2n) is 5.19. The molecule has 0 spiro atoms. The monoisotopic (exact) mass is 436 g/mol. The Labute approximate surface area is 150 Å². The number of halogens is 4. The molecule has 3 rings (SSSR count). The van der Waals surface area contributed by atoms with E-state index in [0.29, 0.717) is 11.1 Å². The van der Waals surface area contributed by atoms with Crippen molar-refractivity contribution in [3.63, 3.8) is 0 Å². The van der Waals surface area contributed by atoms with Gasteiger partial charge in [0.05, 0.1) is 14.5 Å². The molecule has 0 fully saturated rings. The average molecular weight is 438 g/mol. The maximum atomic E-state index is 14.9. The molecule has 0 aromatic heterocycles. The summed E-state index contributed by atoms with van der Waals surface area (Å²) in [7, 11) is 0. The van der Waals surface area contributed by atoms with Crippen LogP contribution in [0.25, 0.3) is 22.3 Å². The van der Waals surface area contributed by atoms with Crippen molar-refractivity contribution in [3.05, 3.63) is 80.7 Å². The van der Waals surface area contributed by atoms with Crippen LogP contribution in [0, 0.1) is 18.6 Å². The van der Waals surface area contributed by atoms with Gasteiger partial charge in [-0.2, -0.15) is 0 Å². The van der Waals surface area contributed by atoms with Gasteiger partial charge in [0.1, 0.15) is 11.6 Å². The molecule has 0 aliphatic heterocycles. The van der Waals surface area contributed by atoms with Gasteiger partial charge < -0.3 is 0 Å². The van der Waals surface area contributed by atoms with Crippen molar-refractivity contribution in [1.29, 1.82) is 0 Å². The molecule has 0 heterocycles. The maximum Gasteiger partial charge on any atom is 0.148 e. The molecule has 0 N–H and O–H groups in total. The van der Waals surface area contributed by atoms with Crippen molar-refractivity contribution in [2.45, 2.75) is 6.92 Å². The van der Waals surface area contributed by atoms with Gasteiger partial charge in [0.15, 0.2) is 0 Å². The van der Waals surface area contributed by atoms with Gasteiger partial charge >= 0.3 is 0 Å². The van der Waals surface area contributed by atoms with E-state index in [1.165, 1.54) is 0 Å². The van der Waals surface area contributed by atoms with Crippen LogP contribution in [0.2, 0.25) is 0 Å². The summed E-state index contributed by atoms with van der Waals surface area (Å²) in [6.07, 6.45) is 0. The highest BCUT2D eigenvalue weighted by molar-refractivity contribution is 9.11. The van der Waals surface area contributed by atoms with Crippen molar-refractivity contribution < 1.29 is 8.78 Å². The summed E-state index contributed by atoms with van der Waals surface area (Å²) in [6, 6.07) is 16.2. The zero-order valence-corrected chi connectivity index (χ0v) is 15.4. The van der Waals surface area contributed by atoms with E-state index in [1.54, 1.807) is 24.3 Å². The summed E-state index contributed by atoms with van der Waals surface area (Å²) in [5, 5.41) is 0. The first-order chi connectivity index (χ1) is 11.0. The fourth-order valence-electron chi connectivity index (χ4n) is 2.58. The molecule has 3 aromatic rings. The molecule has 0 radical (unpaired) electrons. The van der Waals surface area contributed by atoms with Gasteiger partial charge in [0, 0.05) is 5.56 Å². The molecule has 3 aromatic carbocycles. The van der Waals surface area contributed by atoms with E-state index in [4.69, 9.17) is 0 Å². The lowest BCUT2D eigenvalue weighted by Crippen LogP contribution is -1.98. The third-order valence-corrected chi connectivity index (χ3v) is 5.23. The van der Waals surface area contributed by atoms with Crippen LogP contribution >= 0.6 is 31.9 Å². The molecule has 0 unspecified atom stereocenters. The van der Waals surface area contributed by atoms with Crippen molar-refractivity contribution in [2.24, 2.45) is 0 Å². The van der Waals surface area contributed by atoms with Gasteiger partial charge in [0.2, 0.25) is 0 Å². The molecule has 0 aliphatic carbocycles. The lowest BCUT2D eigenvalue weighted by atomic mass is 9.96. The van der Waals surface area contributed by atoms with Gasteiger partial charge in [-0.3, -0.25) is 0 Å². The van der Waals surface area contributed by atoms with E-state index in [0.717, 1.165) is 11.1 Å². The molecule has 0 atom stereocenters. The normalized spacial score (nSPS) is 10.8. The Bertz CT molecular complexity index is 845. The molecule has 0 saturated carbocycles. The van der Waals surface area contributed by atoms with Crippen LogP contribution < -0.4 is 0 Å². The number of hydrogen-bond donors (Lipinski definition) is 0. The van der Waals surface area contributed by atoms with Gasteiger partial charge in [-0.05, 0) is 55.5 Å². The fraction of sp³-hybridized carbons (Fsp3) is 0.0526. The van der Waals surface area contributed by atoms with Crippen LogP contribution in [-0.4, -0.2) is 0 Å². The van der Waals surface area contributed by atoms with Crippen molar-refractivity contribution in [1.82, 2.24) is 0 Å². The number of hydrogen-bond acceptors (Lipinski definition) is 0. The molecule has 0 nitrogen and oxygen atoms in total. The Hall–Kier alpha value is -1.52. The number of benzene rings is 3. The molecular weight excluding hydrogens is 426 g/mol. The summed E-state index contributed by atoms with van der Waals surface area (Å²) >= 11 is 6.63. The van der Waals surface area contributed by atoms with Gasteiger partial charge in [-0.25, -0.2) is 8.78 Å². The summed E-state index contributed by atoms with van der Waals surface area (Å²) in [6.45, 7) is 1.91. The Morgan fingerprint density at radius 3 is 1.78 bits per heavy atom. The lowest BCUT2D eigenvalue weighted by molar-refractivity contribution is 0.582. The molecule has 116 valence electrons. The highest BCUT2D eigenvalue weighted by atomic mass is 79.9. The van der Waals surface area contributed by atoms with E-state index in [9.17, 15) is 8.78 Å². The van der Waals surface area contributed by atoms with Gasteiger partial charge in [0.25, 0.3) is 0 Å². The van der Waals surface area contributed by atoms with Gasteiger partial charge in [-0.1, -0.05) is 54.6 Å². The molecule has 0 saturated heterocycles. The molecular formula is C19H12Br2F2.